The summed E-state index contributed by atoms with van der Waals surface area (Å²) in [5, 5.41) is 5.21. The molecule has 0 aliphatic carbocycles. The number of rotatable bonds is 8. The minimum atomic E-state index is -0.461. The zero-order chi connectivity index (χ0) is 24.9. The zero-order valence-electron chi connectivity index (χ0n) is 19.7. The van der Waals surface area contributed by atoms with Gasteiger partial charge < -0.3 is 10.2 Å². The number of nitrogens with one attached hydrogen (secondary N) is 1. The van der Waals surface area contributed by atoms with Gasteiger partial charge in [0.25, 0.3) is 5.91 Å². The van der Waals surface area contributed by atoms with Gasteiger partial charge >= 0.3 is 0 Å². The molecule has 0 bridgehead atoms. The van der Waals surface area contributed by atoms with E-state index in [1.54, 1.807) is 40.9 Å². The lowest BCUT2D eigenvalue weighted by atomic mass is 9.85. The number of benzene rings is 2. The van der Waals surface area contributed by atoms with Gasteiger partial charge in [-0.25, -0.2) is 9.37 Å². The molecule has 0 saturated carbocycles. The number of nitrogens with zero attached hydrogens (tertiary/aromatic N) is 2. The average molecular weight is 508 g/mol. The molecule has 0 spiro atoms. The number of amides is 2. The highest BCUT2D eigenvalue weighted by Crippen LogP contribution is 2.40. The van der Waals surface area contributed by atoms with Crippen molar-refractivity contribution in [1.82, 2.24) is 9.88 Å². The molecule has 0 aliphatic heterocycles. The van der Waals surface area contributed by atoms with Crippen LogP contribution in [-0.2, 0) is 4.79 Å². The first-order valence-electron chi connectivity index (χ1n) is 11.3. The molecule has 2 aromatic carbocycles. The third-order valence-electron chi connectivity index (χ3n) is 5.95. The molecule has 2 atom stereocenters. The Bertz CT molecular complexity index is 1300. The van der Waals surface area contributed by atoms with Crippen LogP contribution in [0.4, 0.5) is 9.52 Å². The van der Waals surface area contributed by atoms with Gasteiger partial charge in [0.05, 0.1) is 0 Å². The molecule has 0 unspecified atom stereocenters. The molecule has 1 N–H and O–H groups in total. The maximum atomic E-state index is 14.1. The predicted octanol–water partition coefficient (Wildman–Crippen LogP) is 6.51. The summed E-state index contributed by atoms with van der Waals surface area (Å²) in [6, 6.07) is 17.9. The van der Waals surface area contributed by atoms with Crippen LogP contribution < -0.4 is 5.32 Å². The first kappa shape index (κ1) is 24.8. The molecule has 0 radical (unpaired) electrons. The lowest BCUT2D eigenvalue weighted by Gasteiger charge is -2.22. The molecule has 2 aromatic heterocycles. The van der Waals surface area contributed by atoms with Crippen LogP contribution in [0.2, 0.25) is 0 Å². The number of hydrogen-bond donors (Lipinski definition) is 1. The smallest absolute Gasteiger partial charge is 0.253 e. The predicted molar refractivity (Wildman–Crippen MR) is 141 cm³/mol. The van der Waals surface area contributed by atoms with Crippen LogP contribution in [0.15, 0.2) is 72.2 Å². The van der Waals surface area contributed by atoms with Crippen LogP contribution in [0.5, 0.6) is 0 Å². The van der Waals surface area contributed by atoms with Gasteiger partial charge in [0, 0.05) is 52.3 Å². The largest absolute Gasteiger partial charge is 0.342 e. The molecule has 180 valence electrons. The summed E-state index contributed by atoms with van der Waals surface area (Å²) in [7, 11) is 1.78. The molecule has 2 amide bonds. The summed E-state index contributed by atoms with van der Waals surface area (Å²) in [4.78, 5) is 33.3. The van der Waals surface area contributed by atoms with E-state index in [1.807, 2.05) is 56.3 Å². The van der Waals surface area contributed by atoms with E-state index >= 15 is 0 Å². The Morgan fingerprint density at radius 1 is 1.11 bits per heavy atom. The molecule has 0 saturated heterocycles. The minimum absolute atomic E-state index is 0.0165. The van der Waals surface area contributed by atoms with Gasteiger partial charge in [-0.2, -0.15) is 0 Å². The Kier molecular flexibility index (Phi) is 7.73. The zero-order valence-corrected chi connectivity index (χ0v) is 21.3. The molecule has 35 heavy (non-hydrogen) atoms. The van der Waals surface area contributed by atoms with Gasteiger partial charge in [-0.15, -0.1) is 22.7 Å². The van der Waals surface area contributed by atoms with E-state index in [2.05, 4.69) is 10.3 Å². The van der Waals surface area contributed by atoms with Crippen molar-refractivity contribution in [3.8, 4) is 10.4 Å². The van der Waals surface area contributed by atoms with E-state index in [4.69, 9.17) is 0 Å². The fourth-order valence-corrected chi connectivity index (χ4v) is 5.65. The number of hydrogen-bond acceptors (Lipinski definition) is 5. The minimum Gasteiger partial charge on any atom is -0.342 e. The van der Waals surface area contributed by atoms with Gasteiger partial charge in [0.15, 0.2) is 5.13 Å². The molecule has 5 nitrogen and oxygen atoms in total. The van der Waals surface area contributed by atoms with Crippen LogP contribution >= 0.6 is 22.7 Å². The second-order valence-corrected chi connectivity index (χ2v) is 10.3. The van der Waals surface area contributed by atoms with Crippen LogP contribution in [-0.4, -0.2) is 35.3 Å². The summed E-state index contributed by atoms with van der Waals surface area (Å²) in [6.45, 7) is 4.43. The lowest BCUT2D eigenvalue weighted by molar-refractivity contribution is -0.119. The van der Waals surface area contributed by atoms with Crippen molar-refractivity contribution in [1.29, 1.82) is 0 Å². The first-order chi connectivity index (χ1) is 16.9. The average Bonchev–Trinajstić information content (AvgIpc) is 3.56. The van der Waals surface area contributed by atoms with Gasteiger partial charge in [-0.1, -0.05) is 31.2 Å². The Morgan fingerprint density at radius 2 is 1.89 bits per heavy atom. The van der Waals surface area contributed by atoms with E-state index in [1.165, 1.54) is 23.5 Å². The summed E-state index contributed by atoms with van der Waals surface area (Å²) in [5.74, 6) is -1.32. The van der Waals surface area contributed by atoms with E-state index in [-0.39, 0.29) is 23.5 Å². The maximum absolute atomic E-state index is 14.1. The highest BCUT2D eigenvalue weighted by Gasteiger charge is 2.29. The van der Waals surface area contributed by atoms with Crippen LogP contribution in [0.25, 0.3) is 10.4 Å². The molecule has 8 heteroatoms. The van der Waals surface area contributed by atoms with E-state index in [0.29, 0.717) is 17.2 Å². The van der Waals surface area contributed by atoms with Crippen molar-refractivity contribution < 1.29 is 14.0 Å². The maximum Gasteiger partial charge on any atom is 0.253 e. The summed E-state index contributed by atoms with van der Waals surface area (Å²) in [6.07, 6.45) is 1.64. The highest BCUT2D eigenvalue weighted by atomic mass is 32.1. The van der Waals surface area contributed by atoms with Crippen LogP contribution in [0, 0.1) is 11.7 Å². The van der Waals surface area contributed by atoms with E-state index < -0.39 is 5.92 Å². The Hall–Kier alpha value is -3.36. The van der Waals surface area contributed by atoms with Crippen molar-refractivity contribution in [2.45, 2.75) is 19.8 Å². The number of anilines is 1. The van der Waals surface area contributed by atoms with Gasteiger partial charge in [0.2, 0.25) is 5.91 Å². The summed E-state index contributed by atoms with van der Waals surface area (Å²) in [5.41, 5.74) is 2.36. The number of thiazole rings is 1. The van der Waals surface area contributed by atoms with Crippen molar-refractivity contribution in [2.24, 2.45) is 5.92 Å². The fraction of sp³-hybridized carbons (Fsp3) is 0.222. The molecule has 4 aromatic rings. The number of halogens is 1. The Morgan fingerprint density at radius 3 is 2.54 bits per heavy atom. The molecule has 0 aliphatic rings. The third-order valence-corrected chi connectivity index (χ3v) is 7.86. The van der Waals surface area contributed by atoms with Gasteiger partial charge in [-0.3, -0.25) is 9.59 Å². The van der Waals surface area contributed by atoms with Crippen LogP contribution in [0.3, 0.4) is 0 Å². The third kappa shape index (κ3) is 5.66. The molecule has 4 rings (SSSR count). The second-order valence-electron chi connectivity index (χ2n) is 8.25. The first-order valence-corrected chi connectivity index (χ1v) is 13.0. The van der Waals surface area contributed by atoms with E-state index in [9.17, 15) is 14.0 Å². The molecular formula is C27H26FN3O2S2. The Labute approximate surface area is 212 Å². The van der Waals surface area contributed by atoms with Crippen LogP contribution in [0.1, 0.15) is 40.6 Å². The fourth-order valence-electron chi connectivity index (χ4n) is 3.87. The van der Waals surface area contributed by atoms with Crippen molar-refractivity contribution in [2.75, 3.05) is 18.9 Å². The van der Waals surface area contributed by atoms with Gasteiger partial charge in [-0.05, 0) is 54.4 Å². The topological polar surface area (TPSA) is 62.3 Å². The molecule has 0 fully saturated rings. The number of carbonyl (C=O) groups excluding carboxylic acids is 2. The highest BCUT2D eigenvalue weighted by molar-refractivity contribution is 7.15. The summed E-state index contributed by atoms with van der Waals surface area (Å²) >= 11 is 2.92. The number of aromatic nitrogens is 1. The second kappa shape index (κ2) is 10.9. The van der Waals surface area contributed by atoms with Gasteiger partial charge in [0.1, 0.15) is 5.82 Å². The molecular weight excluding hydrogens is 481 g/mol. The molecule has 2 heterocycles. The Balaban J connectivity index is 1.63. The normalized spacial score (nSPS) is 12.7. The number of carbonyl (C=O) groups is 2. The lowest BCUT2D eigenvalue weighted by Crippen LogP contribution is -2.26. The summed E-state index contributed by atoms with van der Waals surface area (Å²) < 4.78 is 14.1. The monoisotopic (exact) mass is 507 g/mol. The van der Waals surface area contributed by atoms with E-state index in [0.717, 1.165) is 20.9 Å². The van der Waals surface area contributed by atoms with Crippen molar-refractivity contribution >= 4 is 39.6 Å². The van der Waals surface area contributed by atoms with Crippen molar-refractivity contribution in [3.63, 3.8) is 0 Å². The quantitative estimate of drug-likeness (QED) is 0.296. The number of thiophene rings is 1. The SMILES string of the molecule is CCN(C)C(=O)c1ccc(-c2ccc([C@@H](c3cccc(F)c3)[C@@H](C)C(=O)Nc3nccs3)s2)cc1. The standard InChI is InChI=1S/C27H26FN3O2S2/c1-4-31(3)26(33)19-10-8-18(9-11-19)22-12-13-23(35-22)24(20-6-5-7-21(28)16-20)17(2)25(32)30-27-29-14-15-34-27/h5-17,24H,4H2,1-3H3,(H,29,30,32)/t17-,24-/m1/s1. The van der Waals surface area contributed by atoms with Crippen molar-refractivity contribution in [3.05, 3.63) is 94.1 Å².